The van der Waals surface area contributed by atoms with E-state index in [1.165, 1.54) is 141 Å². The predicted octanol–water partition coefficient (Wildman–Crippen LogP) is 9.40. The first-order chi connectivity index (χ1) is 18.6. The van der Waals surface area contributed by atoms with Crippen LogP contribution in [0.15, 0.2) is 0 Å². The Labute approximate surface area is 236 Å². The Morgan fingerprint density at radius 2 is 0.737 bits per heavy atom. The Morgan fingerprint density at radius 1 is 0.474 bits per heavy atom. The Hall–Kier alpha value is -1.06. The van der Waals surface area contributed by atoms with Crippen LogP contribution in [0.5, 0.6) is 0 Å². The first kappa shape index (κ1) is 33.1. The van der Waals surface area contributed by atoms with Crippen molar-refractivity contribution < 1.29 is 9.59 Å². The molecule has 38 heavy (non-hydrogen) atoms. The van der Waals surface area contributed by atoms with E-state index >= 15 is 0 Å². The van der Waals surface area contributed by atoms with Gasteiger partial charge in [-0.15, -0.1) is 0 Å². The maximum absolute atomic E-state index is 12.2. The van der Waals surface area contributed by atoms with Gasteiger partial charge >= 0.3 is 0 Å². The van der Waals surface area contributed by atoms with Gasteiger partial charge in [0.25, 0.3) is 0 Å². The van der Waals surface area contributed by atoms with E-state index in [1.54, 1.807) is 0 Å². The maximum Gasteiger partial charge on any atom is 0.220 e. The van der Waals surface area contributed by atoms with Crippen LogP contribution in [0, 0.1) is 11.8 Å². The summed E-state index contributed by atoms with van der Waals surface area (Å²) in [5.41, 5.74) is 0. The van der Waals surface area contributed by atoms with Gasteiger partial charge in [0.05, 0.1) is 0 Å². The number of rotatable bonds is 21. The smallest absolute Gasteiger partial charge is 0.220 e. The van der Waals surface area contributed by atoms with Crippen molar-refractivity contribution in [1.82, 2.24) is 10.6 Å². The number of nitrogens with one attached hydrogen (secondary N) is 2. The number of carbonyl (C=O) groups is 2. The van der Waals surface area contributed by atoms with Crippen molar-refractivity contribution in [2.24, 2.45) is 11.8 Å². The second-order valence-corrected chi connectivity index (χ2v) is 13.0. The van der Waals surface area contributed by atoms with E-state index in [0.717, 1.165) is 12.8 Å². The van der Waals surface area contributed by atoms with Crippen molar-refractivity contribution >= 4 is 11.8 Å². The van der Waals surface area contributed by atoms with E-state index < -0.39 is 0 Å². The minimum atomic E-state index is 0.271. The van der Waals surface area contributed by atoms with Gasteiger partial charge in [-0.05, 0) is 64.2 Å². The second-order valence-electron chi connectivity index (χ2n) is 13.0. The zero-order valence-corrected chi connectivity index (χ0v) is 25.5. The Morgan fingerprint density at radius 3 is 1.03 bits per heavy atom. The summed E-state index contributed by atoms with van der Waals surface area (Å²) in [5.74, 6) is 1.95. The van der Waals surface area contributed by atoms with Gasteiger partial charge in [-0.3, -0.25) is 9.59 Å². The molecule has 0 saturated heterocycles. The lowest BCUT2D eigenvalue weighted by Gasteiger charge is -2.28. The zero-order chi connectivity index (χ0) is 27.3. The fraction of sp³-hybridized carbons (Fsp3) is 0.941. The molecule has 0 bridgehead atoms. The van der Waals surface area contributed by atoms with Gasteiger partial charge in [0.2, 0.25) is 11.8 Å². The second kappa shape index (κ2) is 21.7. The summed E-state index contributed by atoms with van der Waals surface area (Å²) in [6, 6.07) is 0.723. The van der Waals surface area contributed by atoms with Gasteiger partial charge in [0.1, 0.15) is 0 Å². The van der Waals surface area contributed by atoms with E-state index in [4.69, 9.17) is 0 Å². The molecule has 0 unspecified atom stereocenters. The maximum atomic E-state index is 12.2. The molecule has 4 nitrogen and oxygen atoms in total. The summed E-state index contributed by atoms with van der Waals surface area (Å²) < 4.78 is 0. The van der Waals surface area contributed by atoms with Crippen LogP contribution in [0.3, 0.4) is 0 Å². The average molecular weight is 533 g/mol. The lowest BCUT2D eigenvalue weighted by Crippen LogP contribution is -2.38. The number of hydrogen-bond donors (Lipinski definition) is 2. The minimum Gasteiger partial charge on any atom is -0.353 e. The molecular formula is C34H64N2O2. The highest BCUT2D eigenvalue weighted by molar-refractivity contribution is 5.76. The van der Waals surface area contributed by atoms with Crippen LogP contribution in [0.4, 0.5) is 0 Å². The van der Waals surface area contributed by atoms with Crippen molar-refractivity contribution in [3.05, 3.63) is 0 Å². The molecule has 0 aliphatic heterocycles. The SMILES string of the molecule is C[C@H](NC(=O)CCCCCCCCCCCCCCCCC(=O)N[C@@H](C)C1CCCCC1)C1CCCCC1. The van der Waals surface area contributed by atoms with Gasteiger partial charge in [-0.25, -0.2) is 0 Å². The number of unbranched alkanes of at least 4 members (excludes halogenated alkanes) is 13. The Bertz CT molecular complexity index is 543. The molecule has 0 aromatic heterocycles. The van der Waals surface area contributed by atoms with Crippen LogP contribution < -0.4 is 10.6 Å². The van der Waals surface area contributed by atoms with E-state index in [2.05, 4.69) is 24.5 Å². The molecule has 2 atom stereocenters. The standard InChI is InChI=1S/C34H64N2O2/c1-29(31-23-17-15-18-24-31)35-33(37)27-21-13-11-9-7-5-3-4-6-8-10-12-14-22-28-34(38)36-30(2)32-25-19-16-20-26-32/h29-32H,3-28H2,1-2H3,(H,35,37)(H,36,38)/t29-,30-/m0/s1. The van der Waals surface area contributed by atoms with Crippen molar-refractivity contribution in [3.63, 3.8) is 0 Å². The van der Waals surface area contributed by atoms with E-state index in [-0.39, 0.29) is 11.8 Å². The lowest BCUT2D eigenvalue weighted by atomic mass is 9.84. The molecule has 2 amide bonds. The molecule has 0 heterocycles. The third kappa shape index (κ3) is 16.1. The zero-order valence-electron chi connectivity index (χ0n) is 25.5. The summed E-state index contributed by atoms with van der Waals surface area (Å²) in [5, 5.41) is 6.53. The topological polar surface area (TPSA) is 58.2 Å². The van der Waals surface area contributed by atoms with Crippen molar-refractivity contribution in [2.75, 3.05) is 0 Å². The normalized spacial score (nSPS) is 18.7. The summed E-state index contributed by atoms with van der Waals surface area (Å²) in [6.45, 7) is 4.41. The van der Waals surface area contributed by atoms with Gasteiger partial charge < -0.3 is 10.6 Å². The number of carbonyl (C=O) groups excluding carboxylic acids is 2. The highest BCUT2D eigenvalue weighted by Gasteiger charge is 2.22. The molecule has 2 rings (SSSR count). The summed E-state index contributed by atoms with van der Waals surface area (Å²) in [7, 11) is 0. The monoisotopic (exact) mass is 532 g/mol. The Balaban J connectivity index is 1.27. The third-order valence-corrected chi connectivity index (χ3v) is 9.55. The van der Waals surface area contributed by atoms with Crippen LogP contribution in [-0.2, 0) is 9.59 Å². The van der Waals surface area contributed by atoms with E-state index in [1.807, 2.05) is 0 Å². The van der Waals surface area contributed by atoms with Crippen LogP contribution in [0.1, 0.15) is 181 Å². The molecule has 0 radical (unpaired) electrons. The van der Waals surface area contributed by atoms with Crippen molar-refractivity contribution in [2.45, 2.75) is 193 Å². The predicted molar refractivity (Wildman–Crippen MR) is 162 cm³/mol. The molecule has 222 valence electrons. The van der Waals surface area contributed by atoms with Gasteiger partial charge in [-0.1, -0.05) is 116 Å². The third-order valence-electron chi connectivity index (χ3n) is 9.55. The average Bonchev–Trinajstić information content (AvgIpc) is 2.93. The van der Waals surface area contributed by atoms with Crippen molar-refractivity contribution in [3.8, 4) is 0 Å². The highest BCUT2D eigenvalue weighted by atomic mass is 16.2. The van der Waals surface area contributed by atoms with Crippen LogP contribution in [0.25, 0.3) is 0 Å². The fourth-order valence-electron chi connectivity index (χ4n) is 6.85. The number of amides is 2. The molecular weight excluding hydrogens is 468 g/mol. The Kier molecular flexibility index (Phi) is 19.0. The summed E-state index contributed by atoms with van der Waals surface area (Å²) in [4.78, 5) is 24.4. The van der Waals surface area contributed by atoms with Crippen LogP contribution in [0.2, 0.25) is 0 Å². The highest BCUT2D eigenvalue weighted by Crippen LogP contribution is 2.27. The molecule has 2 aliphatic rings. The first-order valence-corrected chi connectivity index (χ1v) is 17.1. The molecule has 2 saturated carbocycles. The summed E-state index contributed by atoms with van der Waals surface area (Å²) in [6.07, 6.45) is 32.6. The largest absolute Gasteiger partial charge is 0.353 e. The molecule has 4 heteroatoms. The van der Waals surface area contributed by atoms with Crippen molar-refractivity contribution in [1.29, 1.82) is 0 Å². The quantitative estimate of drug-likeness (QED) is 0.145. The minimum absolute atomic E-state index is 0.271. The van der Waals surface area contributed by atoms with Crippen LogP contribution in [-0.4, -0.2) is 23.9 Å². The van der Waals surface area contributed by atoms with E-state index in [9.17, 15) is 9.59 Å². The molecule has 0 aromatic carbocycles. The van der Waals surface area contributed by atoms with Gasteiger partial charge in [-0.2, -0.15) is 0 Å². The molecule has 0 spiro atoms. The molecule has 2 fully saturated rings. The molecule has 2 N–H and O–H groups in total. The molecule has 0 aromatic rings. The van der Waals surface area contributed by atoms with Gasteiger partial charge in [0, 0.05) is 24.9 Å². The number of hydrogen-bond acceptors (Lipinski definition) is 2. The summed E-state index contributed by atoms with van der Waals surface area (Å²) >= 11 is 0. The van der Waals surface area contributed by atoms with E-state index in [0.29, 0.717) is 36.8 Å². The lowest BCUT2D eigenvalue weighted by molar-refractivity contribution is -0.123. The van der Waals surface area contributed by atoms with Gasteiger partial charge in [0.15, 0.2) is 0 Å². The van der Waals surface area contributed by atoms with Crippen LogP contribution >= 0.6 is 0 Å². The first-order valence-electron chi connectivity index (χ1n) is 17.1. The molecule has 2 aliphatic carbocycles. The fourth-order valence-corrected chi connectivity index (χ4v) is 6.85.